The number of methoxy groups -OCH3 is 1. The molecule has 0 aliphatic carbocycles. The molecule has 0 spiro atoms. The largest absolute Gasteiger partial charge is 0.379 e. The van der Waals surface area contributed by atoms with E-state index >= 15 is 0 Å². The molecule has 1 aromatic carbocycles. The molecule has 0 bridgehead atoms. The molecule has 0 radical (unpaired) electrons. The molecule has 2 atom stereocenters. The lowest BCUT2D eigenvalue weighted by atomic mass is 10.0. The summed E-state index contributed by atoms with van der Waals surface area (Å²) in [4.78, 5) is 29.9. The number of carbonyl (C=O) groups is 1. The number of nitrogens with zero attached hydrogens (tertiary/aromatic N) is 2. The standard InChI is InChI=1S/C21H23N3O4/c1-12-4-5-18-16(6-12)17(9-20(25)22-18)21(26)24-10-14(19(11-24)27-3)8-15-7-13(2)23-28-15/h4-7,9,14,19H,8,10-11H2,1-3H3,(H,22,25)/t14-,19+/m1/s1. The van der Waals surface area contributed by atoms with Crippen LogP contribution >= 0.6 is 0 Å². The zero-order valence-electron chi connectivity index (χ0n) is 16.2. The lowest BCUT2D eigenvalue weighted by Gasteiger charge is -2.17. The summed E-state index contributed by atoms with van der Waals surface area (Å²) >= 11 is 0. The minimum atomic E-state index is -0.282. The van der Waals surface area contributed by atoms with Crippen molar-refractivity contribution in [1.29, 1.82) is 0 Å². The maximum absolute atomic E-state index is 13.3. The number of aryl methyl sites for hydroxylation is 2. The third-order valence-electron chi connectivity index (χ3n) is 5.34. The number of amides is 1. The second kappa shape index (κ2) is 7.24. The topological polar surface area (TPSA) is 88.4 Å². The summed E-state index contributed by atoms with van der Waals surface area (Å²) in [7, 11) is 1.66. The molecule has 3 heterocycles. The Morgan fingerprint density at radius 1 is 1.29 bits per heavy atom. The highest BCUT2D eigenvalue weighted by molar-refractivity contribution is 6.06. The predicted molar refractivity (Wildman–Crippen MR) is 104 cm³/mol. The van der Waals surface area contributed by atoms with Crippen molar-refractivity contribution >= 4 is 16.8 Å². The fourth-order valence-corrected chi connectivity index (χ4v) is 3.96. The zero-order valence-corrected chi connectivity index (χ0v) is 16.2. The van der Waals surface area contributed by atoms with Crippen molar-refractivity contribution in [1.82, 2.24) is 15.0 Å². The number of carbonyl (C=O) groups excluding carboxylic acids is 1. The van der Waals surface area contributed by atoms with Gasteiger partial charge in [0.1, 0.15) is 5.76 Å². The maximum atomic E-state index is 13.3. The number of aromatic nitrogens is 2. The first-order chi connectivity index (χ1) is 13.4. The van der Waals surface area contributed by atoms with Gasteiger partial charge in [-0.05, 0) is 26.0 Å². The van der Waals surface area contributed by atoms with Crippen LogP contribution in [-0.2, 0) is 11.2 Å². The summed E-state index contributed by atoms with van der Waals surface area (Å²) in [5.74, 6) is 0.743. The van der Waals surface area contributed by atoms with Gasteiger partial charge < -0.3 is 19.1 Å². The zero-order chi connectivity index (χ0) is 19.8. The maximum Gasteiger partial charge on any atom is 0.254 e. The highest BCUT2D eigenvalue weighted by Gasteiger charge is 2.37. The fraction of sp³-hybridized carbons (Fsp3) is 0.381. The first-order valence-corrected chi connectivity index (χ1v) is 9.32. The van der Waals surface area contributed by atoms with Crippen molar-refractivity contribution in [2.75, 3.05) is 20.2 Å². The van der Waals surface area contributed by atoms with Crippen LogP contribution in [-0.4, -0.2) is 47.3 Å². The van der Waals surface area contributed by atoms with Gasteiger partial charge in [-0.25, -0.2) is 0 Å². The number of pyridine rings is 1. The van der Waals surface area contributed by atoms with Crippen molar-refractivity contribution < 1.29 is 14.1 Å². The Balaban J connectivity index is 1.62. The Kier molecular flexibility index (Phi) is 4.77. The number of hydrogen-bond donors (Lipinski definition) is 1. The summed E-state index contributed by atoms with van der Waals surface area (Å²) in [6.07, 6.45) is 0.558. The Hall–Kier alpha value is -2.93. The molecule has 1 amide bonds. The van der Waals surface area contributed by atoms with Crippen LogP contribution in [0.1, 0.15) is 27.4 Å². The van der Waals surface area contributed by atoms with Gasteiger partial charge >= 0.3 is 0 Å². The number of aromatic amines is 1. The van der Waals surface area contributed by atoms with E-state index in [2.05, 4.69) is 10.1 Å². The lowest BCUT2D eigenvalue weighted by molar-refractivity contribution is 0.0673. The molecule has 0 saturated carbocycles. The van der Waals surface area contributed by atoms with Gasteiger partial charge in [0.05, 0.1) is 17.4 Å². The van der Waals surface area contributed by atoms with Crippen LogP contribution in [0.15, 0.2) is 39.6 Å². The third kappa shape index (κ3) is 3.45. The highest BCUT2D eigenvalue weighted by Crippen LogP contribution is 2.27. The van der Waals surface area contributed by atoms with Crippen LogP contribution in [0.3, 0.4) is 0 Å². The molecular formula is C21H23N3O4. The summed E-state index contributed by atoms with van der Waals surface area (Å²) in [5, 5.41) is 4.69. The van der Waals surface area contributed by atoms with E-state index in [-0.39, 0.29) is 23.5 Å². The van der Waals surface area contributed by atoms with Gasteiger partial charge in [-0.2, -0.15) is 0 Å². The smallest absolute Gasteiger partial charge is 0.254 e. The van der Waals surface area contributed by atoms with E-state index in [4.69, 9.17) is 9.26 Å². The average Bonchev–Trinajstić information content (AvgIpc) is 3.27. The summed E-state index contributed by atoms with van der Waals surface area (Å²) in [6, 6.07) is 8.97. The Bertz CT molecular complexity index is 1080. The van der Waals surface area contributed by atoms with Crippen molar-refractivity contribution in [2.24, 2.45) is 5.92 Å². The van der Waals surface area contributed by atoms with Gasteiger partial charge in [-0.1, -0.05) is 16.8 Å². The van der Waals surface area contributed by atoms with Gasteiger partial charge in [-0.3, -0.25) is 9.59 Å². The van der Waals surface area contributed by atoms with Crippen molar-refractivity contribution in [3.63, 3.8) is 0 Å². The number of H-pyrrole nitrogens is 1. The molecule has 28 heavy (non-hydrogen) atoms. The number of ether oxygens (including phenoxy) is 1. The van der Waals surface area contributed by atoms with Crippen LogP contribution in [0.25, 0.3) is 10.9 Å². The minimum Gasteiger partial charge on any atom is -0.379 e. The van der Waals surface area contributed by atoms with Gasteiger partial charge in [0.15, 0.2) is 0 Å². The first kappa shape index (κ1) is 18.4. The predicted octanol–water partition coefficient (Wildman–Crippen LogP) is 2.46. The molecule has 2 aromatic heterocycles. The molecule has 146 valence electrons. The summed E-state index contributed by atoms with van der Waals surface area (Å²) in [6.45, 7) is 4.86. The molecule has 4 rings (SSSR count). The van der Waals surface area contributed by atoms with Crippen LogP contribution in [0.5, 0.6) is 0 Å². The number of nitrogens with one attached hydrogen (secondary N) is 1. The van der Waals surface area contributed by atoms with Crippen molar-refractivity contribution in [3.8, 4) is 0 Å². The summed E-state index contributed by atoms with van der Waals surface area (Å²) in [5.41, 5.74) is 2.67. The Labute approximate surface area is 162 Å². The Morgan fingerprint density at radius 2 is 2.11 bits per heavy atom. The summed E-state index contributed by atoms with van der Waals surface area (Å²) < 4.78 is 11.0. The van der Waals surface area contributed by atoms with Crippen LogP contribution in [0.2, 0.25) is 0 Å². The van der Waals surface area contributed by atoms with E-state index in [1.165, 1.54) is 6.07 Å². The Morgan fingerprint density at radius 3 is 2.82 bits per heavy atom. The molecule has 1 saturated heterocycles. The van der Waals surface area contributed by atoms with Crippen LogP contribution < -0.4 is 5.56 Å². The average molecular weight is 381 g/mol. The normalized spacial score (nSPS) is 19.5. The highest BCUT2D eigenvalue weighted by atomic mass is 16.5. The second-order valence-electron chi connectivity index (χ2n) is 7.48. The molecule has 3 aromatic rings. The second-order valence-corrected chi connectivity index (χ2v) is 7.48. The van der Waals surface area contributed by atoms with Gasteiger partial charge in [-0.15, -0.1) is 0 Å². The van der Waals surface area contributed by atoms with Gasteiger partial charge in [0.25, 0.3) is 5.91 Å². The molecule has 1 fully saturated rings. The number of fused-ring (bicyclic) bond motifs is 1. The van der Waals surface area contributed by atoms with E-state index in [1.807, 2.05) is 38.1 Å². The molecule has 1 aliphatic rings. The van der Waals surface area contributed by atoms with Crippen molar-refractivity contribution in [3.05, 3.63) is 63.3 Å². The molecule has 1 N–H and O–H groups in total. The SMILES string of the molecule is CO[C@H]1CN(C(=O)c2cc(=O)[nH]c3ccc(C)cc23)C[C@H]1Cc1cc(C)no1. The molecular weight excluding hydrogens is 358 g/mol. The van der Waals surface area contributed by atoms with E-state index in [0.29, 0.717) is 30.6 Å². The molecule has 1 aliphatic heterocycles. The van der Waals surface area contributed by atoms with E-state index < -0.39 is 0 Å². The molecule has 0 unspecified atom stereocenters. The number of rotatable bonds is 4. The monoisotopic (exact) mass is 381 g/mol. The molecule has 7 nitrogen and oxygen atoms in total. The number of likely N-dealkylation sites (tertiary alicyclic amines) is 1. The lowest BCUT2D eigenvalue weighted by Crippen LogP contribution is -2.31. The fourth-order valence-electron chi connectivity index (χ4n) is 3.96. The van der Waals surface area contributed by atoms with Crippen LogP contribution in [0, 0.1) is 19.8 Å². The van der Waals surface area contributed by atoms with Crippen molar-refractivity contribution in [2.45, 2.75) is 26.4 Å². The van der Waals surface area contributed by atoms with Gasteiger partial charge in [0.2, 0.25) is 5.56 Å². The van der Waals surface area contributed by atoms with E-state index in [9.17, 15) is 9.59 Å². The third-order valence-corrected chi connectivity index (χ3v) is 5.34. The van der Waals surface area contributed by atoms with E-state index in [1.54, 1.807) is 12.0 Å². The number of hydrogen-bond acceptors (Lipinski definition) is 5. The molecule has 7 heteroatoms. The quantitative estimate of drug-likeness (QED) is 0.750. The van der Waals surface area contributed by atoms with Crippen LogP contribution in [0.4, 0.5) is 0 Å². The van der Waals surface area contributed by atoms with E-state index in [0.717, 1.165) is 22.4 Å². The number of benzene rings is 1. The van der Waals surface area contributed by atoms with Gasteiger partial charge in [0, 0.05) is 55.6 Å². The first-order valence-electron chi connectivity index (χ1n) is 9.32. The minimum absolute atomic E-state index is 0.0932.